The maximum Gasteiger partial charge on any atom is 0.373 e. The third-order valence-corrected chi connectivity index (χ3v) is 7.47. The Morgan fingerprint density at radius 1 is 0.935 bits per heavy atom. The molecule has 7 heteroatoms. The fourth-order valence-corrected chi connectivity index (χ4v) is 5.62. The minimum atomic E-state index is -3.58. The quantitative estimate of drug-likeness (QED) is 0.602. The predicted molar refractivity (Wildman–Crippen MR) is 121 cm³/mol. The van der Waals surface area contributed by atoms with Crippen LogP contribution < -0.4 is 9.62 Å². The Kier molecular flexibility index (Phi) is 9.44. The lowest BCUT2D eigenvalue weighted by Gasteiger charge is -2.24. The van der Waals surface area contributed by atoms with Crippen molar-refractivity contribution in [3.8, 4) is 0 Å². The zero-order chi connectivity index (χ0) is 22.9. The number of aryl methyl sites for hydroxylation is 1. The number of benzene rings is 2. The third-order valence-electron chi connectivity index (χ3n) is 5.64. The molecular formula is C24H32N2O4S. The van der Waals surface area contributed by atoms with Crippen LogP contribution in [-0.2, 0) is 19.6 Å². The van der Waals surface area contributed by atoms with Crippen molar-refractivity contribution in [2.45, 2.75) is 63.3 Å². The van der Waals surface area contributed by atoms with E-state index in [1.54, 1.807) is 19.2 Å². The topological polar surface area (TPSA) is 83.6 Å². The molecule has 0 bridgehead atoms. The van der Waals surface area contributed by atoms with Gasteiger partial charge in [-0.2, -0.15) is 9.59 Å². The number of nitrogens with one attached hydrogen (secondary N) is 1. The number of fused-ring (bicyclic) bond motifs is 2. The summed E-state index contributed by atoms with van der Waals surface area (Å²) in [5.41, 5.74) is 3.63. The summed E-state index contributed by atoms with van der Waals surface area (Å²) in [5.74, 6) is 0. The molecule has 0 amide bonds. The molecule has 2 aromatic rings. The predicted octanol–water partition coefficient (Wildman–Crippen LogP) is 4.59. The monoisotopic (exact) mass is 444 g/mol. The van der Waals surface area contributed by atoms with Crippen molar-refractivity contribution in [3.63, 3.8) is 0 Å². The van der Waals surface area contributed by atoms with Crippen molar-refractivity contribution in [1.82, 2.24) is 5.32 Å². The largest absolute Gasteiger partial charge is 0.373 e. The summed E-state index contributed by atoms with van der Waals surface area (Å²) in [7, 11) is -1.92. The molecule has 0 saturated carbocycles. The summed E-state index contributed by atoms with van der Waals surface area (Å²) in [4.78, 5) is 16.6. The van der Waals surface area contributed by atoms with Crippen LogP contribution in [0.15, 0.2) is 47.4 Å². The van der Waals surface area contributed by atoms with Gasteiger partial charge in [-0.3, -0.25) is 4.31 Å². The van der Waals surface area contributed by atoms with Crippen molar-refractivity contribution in [2.24, 2.45) is 0 Å². The van der Waals surface area contributed by atoms with E-state index < -0.39 is 10.0 Å². The lowest BCUT2D eigenvalue weighted by atomic mass is 9.95. The molecule has 6 nitrogen and oxygen atoms in total. The first kappa shape index (κ1) is 24.8. The van der Waals surface area contributed by atoms with E-state index in [0.717, 1.165) is 35.3 Å². The van der Waals surface area contributed by atoms with Crippen LogP contribution in [0, 0.1) is 6.92 Å². The second-order valence-electron chi connectivity index (χ2n) is 7.76. The Labute approximate surface area is 185 Å². The summed E-state index contributed by atoms with van der Waals surface area (Å²) in [6, 6.07) is 13.3. The first-order chi connectivity index (χ1) is 14.9. The van der Waals surface area contributed by atoms with Crippen LogP contribution in [0.1, 0.15) is 68.2 Å². The maximum absolute atomic E-state index is 13.3. The SMILES string of the molecule is CCCCCCCCNC1c2ccccc2S(=O)(=O)N(C)c2c(C)cccc21.O=C=O. The molecule has 0 radical (unpaired) electrons. The van der Waals surface area contributed by atoms with Crippen LogP contribution in [0.2, 0.25) is 0 Å². The average molecular weight is 445 g/mol. The van der Waals surface area contributed by atoms with E-state index in [0.29, 0.717) is 4.90 Å². The molecule has 1 aliphatic heterocycles. The molecule has 2 aromatic carbocycles. The highest BCUT2D eigenvalue weighted by molar-refractivity contribution is 7.92. The summed E-state index contributed by atoms with van der Waals surface area (Å²) in [6.07, 6.45) is 7.69. The molecule has 1 unspecified atom stereocenters. The van der Waals surface area contributed by atoms with Gasteiger partial charge in [0, 0.05) is 7.05 Å². The first-order valence-electron chi connectivity index (χ1n) is 10.8. The molecule has 1 atom stereocenters. The van der Waals surface area contributed by atoms with Crippen molar-refractivity contribution >= 4 is 21.9 Å². The van der Waals surface area contributed by atoms with Gasteiger partial charge in [0.2, 0.25) is 0 Å². The molecule has 168 valence electrons. The number of anilines is 1. The molecular weight excluding hydrogens is 412 g/mol. The highest BCUT2D eigenvalue weighted by atomic mass is 32.2. The third kappa shape index (κ3) is 5.82. The van der Waals surface area contributed by atoms with E-state index >= 15 is 0 Å². The van der Waals surface area contributed by atoms with E-state index in [-0.39, 0.29) is 12.2 Å². The molecule has 0 aliphatic carbocycles. The van der Waals surface area contributed by atoms with Gasteiger partial charge in [-0.05, 0) is 42.6 Å². The molecule has 1 aliphatic rings. The first-order valence-corrected chi connectivity index (χ1v) is 12.2. The summed E-state index contributed by atoms with van der Waals surface area (Å²) >= 11 is 0. The average Bonchev–Trinajstić information content (AvgIpc) is 2.82. The molecule has 1 heterocycles. The summed E-state index contributed by atoms with van der Waals surface area (Å²) in [5, 5.41) is 3.66. The minimum Gasteiger partial charge on any atom is -0.306 e. The Bertz CT molecular complexity index is 998. The Hall–Kier alpha value is -2.47. The molecule has 0 aromatic heterocycles. The van der Waals surface area contributed by atoms with Gasteiger partial charge in [-0.15, -0.1) is 0 Å². The summed E-state index contributed by atoms with van der Waals surface area (Å²) in [6.45, 7) is 5.09. The van der Waals surface area contributed by atoms with Crippen molar-refractivity contribution in [3.05, 3.63) is 59.2 Å². The number of sulfonamides is 1. The van der Waals surface area contributed by atoms with E-state index in [2.05, 4.69) is 18.3 Å². The maximum atomic E-state index is 13.3. The fraction of sp³-hybridized carbons (Fsp3) is 0.458. The minimum absolute atomic E-state index is 0.124. The van der Waals surface area contributed by atoms with Crippen molar-refractivity contribution in [1.29, 1.82) is 0 Å². The van der Waals surface area contributed by atoms with E-state index in [1.807, 2.05) is 31.2 Å². The van der Waals surface area contributed by atoms with Gasteiger partial charge in [-0.1, -0.05) is 75.4 Å². The molecule has 0 saturated heterocycles. The van der Waals surface area contributed by atoms with E-state index in [9.17, 15) is 8.42 Å². The van der Waals surface area contributed by atoms with Crippen molar-refractivity contribution in [2.75, 3.05) is 17.9 Å². The number of hydrogen-bond acceptors (Lipinski definition) is 5. The second-order valence-corrected chi connectivity index (χ2v) is 9.70. The van der Waals surface area contributed by atoms with Crippen LogP contribution >= 0.6 is 0 Å². The smallest absolute Gasteiger partial charge is 0.306 e. The Morgan fingerprint density at radius 2 is 1.55 bits per heavy atom. The number of para-hydroxylation sites is 1. The standard InChI is InChI=1S/C23H32N2O2S.CO2/c1-4-5-6-7-8-11-17-24-22-19-14-9-10-16-21(19)28(26,27)25(3)23-18(2)13-12-15-20(22)23;2-1-3/h9-10,12-16,22,24H,4-8,11,17H2,1-3H3;. The van der Waals surface area contributed by atoms with Gasteiger partial charge in [0.25, 0.3) is 10.0 Å². The Balaban J connectivity index is 0.00000107. The van der Waals surface area contributed by atoms with Gasteiger partial charge >= 0.3 is 6.15 Å². The highest BCUT2D eigenvalue weighted by Crippen LogP contribution is 2.41. The number of carbonyl (C=O) groups excluding carboxylic acids is 2. The van der Waals surface area contributed by atoms with Gasteiger partial charge in [-0.25, -0.2) is 8.42 Å². The van der Waals surface area contributed by atoms with Gasteiger partial charge in [0.1, 0.15) is 0 Å². The second kappa shape index (κ2) is 11.8. The molecule has 0 spiro atoms. The van der Waals surface area contributed by atoms with E-state index in [1.165, 1.54) is 36.4 Å². The van der Waals surface area contributed by atoms with Gasteiger partial charge in [0.05, 0.1) is 16.6 Å². The van der Waals surface area contributed by atoms with Crippen LogP contribution in [0.25, 0.3) is 0 Å². The van der Waals surface area contributed by atoms with Crippen LogP contribution in [0.4, 0.5) is 5.69 Å². The van der Waals surface area contributed by atoms with Crippen molar-refractivity contribution < 1.29 is 18.0 Å². The lowest BCUT2D eigenvalue weighted by molar-refractivity contribution is -0.191. The highest BCUT2D eigenvalue weighted by Gasteiger charge is 2.35. The van der Waals surface area contributed by atoms with E-state index in [4.69, 9.17) is 9.59 Å². The zero-order valence-corrected chi connectivity index (χ0v) is 19.4. The number of nitrogens with zero attached hydrogens (tertiary/aromatic N) is 1. The molecule has 31 heavy (non-hydrogen) atoms. The Morgan fingerprint density at radius 3 is 2.26 bits per heavy atom. The normalized spacial score (nSPS) is 16.2. The number of rotatable bonds is 8. The molecule has 3 rings (SSSR count). The van der Waals surface area contributed by atoms with Crippen LogP contribution in [-0.4, -0.2) is 28.2 Å². The van der Waals surface area contributed by atoms with Gasteiger partial charge < -0.3 is 5.32 Å². The van der Waals surface area contributed by atoms with Crippen LogP contribution in [0.3, 0.4) is 0 Å². The number of hydrogen-bond donors (Lipinski definition) is 1. The summed E-state index contributed by atoms with van der Waals surface area (Å²) < 4.78 is 28.0. The van der Waals surface area contributed by atoms with Gasteiger partial charge in [0.15, 0.2) is 0 Å². The zero-order valence-electron chi connectivity index (χ0n) is 18.6. The fourth-order valence-electron chi connectivity index (χ4n) is 4.11. The lowest BCUT2D eigenvalue weighted by Crippen LogP contribution is -2.27. The number of unbranched alkanes of at least 4 members (excludes halogenated alkanes) is 5. The van der Waals surface area contributed by atoms with Crippen LogP contribution in [0.5, 0.6) is 0 Å². The molecule has 1 N–H and O–H groups in total. The molecule has 0 fully saturated rings.